The van der Waals surface area contributed by atoms with Crippen LogP contribution < -0.4 is 4.74 Å². The molecule has 0 radical (unpaired) electrons. The molecule has 0 amide bonds. The van der Waals surface area contributed by atoms with Crippen LogP contribution in [0.1, 0.15) is 25.8 Å². The fourth-order valence-corrected chi connectivity index (χ4v) is 2.26. The summed E-state index contributed by atoms with van der Waals surface area (Å²) in [6.07, 6.45) is 2.23. The average Bonchev–Trinajstić information content (AvgIpc) is 2.28. The minimum atomic E-state index is 0.527. The van der Waals surface area contributed by atoms with E-state index in [1.54, 1.807) is 7.11 Å². The van der Waals surface area contributed by atoms with Crippen molar-refractivity contribution in [2.24, 2.45) is 5.92 Å². The predicted molar refractivity (Wildman–Crippen MR) is 68.9 cm³/mol. The van der Waals surface area contributed by atoms with Crippen LogP contribution in [0.5, 0.6) is 5.75 Å². The van der Waals surface area contributed by atoms with Crippen LogP contribution in [0.3, 0.4) is 0 Å². The van der Waals surface area contributed by atoms with Gasteiger partial charge in [-0.3, -0.25) is 0 Å². The van der Waals surface area contributed by atoms with Crippen molar-refractivity contribution in [1.82, 2.24) is 0 Å². The molecule has 1 aromatic rings. The largest absolute Gasteiger partial charge is 0.496 e. The standard InChI is InChI=1S/C13H19BrO/c1-4-10(2)12(14)9-11-7-5-6-8-13(11)15-3/h5-8,10,12H,4,9H2,1-3H3. The Balaban J connectivity index is 2.71. The van der Waals surface area contributed by atoms with Crippen molar-refractivity contribution in [2.75, 3.05) is 7.11 Å². The van der Waals surface area contributed by atoms with Crippen molar-refractivity contribution in [1.29, 1.82) is 0 Å². The highest BCUT2D eigenvalue weighted by Crippen LogP contribution is 2.25. The summed E-state index contributed by atoms with van der Waals surface area (Å²) < 4.78 is 5.34. The van der Waals surface area contributed by atoms with Gasteiger partial charge >= 0.3 is 0 Å². The highest BCUT2D eigenvalue weighted by Gasteiger charge is 2.14. The van der Waals surface area contributed by atoms with Crippen LogP contribution >= 0.6 is 15.9 Å². The van der Waals surface area contributed by atoms with E-state index >= 15 is 0 Å². The minimum absolute atomic E-state index is 0.527. The second kappa shape index (κ2) is 6.16. The normalized spacial score (nSPS) is 14.7. The summed E-state index contributed by atoms with van der Waals surface area (Å²) in [6.45, 7) is 4.50. The van der Waals surface area contributed by atoms with Gasteiger partial charge in [0.2, 0.25) is 0 Å². The van der Waals surface area contributed by atoms with E-state index in [1.807, 2.05) is 12.1 Å². The fourth-order valence-electron chi connectivity index (χ4n) is 1.54. The highest BCUT2D eigenvalue weighted by atomic mass is 79.9. The Morgan fingerprint density at radius 3 is 2.60 bits per heavy atom. The van der Waals surface area contributed by atoms with Crippen molar-refractivity contribution < 1.29 is 4.74 Å². The number of hydrogen-bond donors (Lipinski definition) is 0. The zero-order chi connectivity index (χ0) is 11.3. The van der Waals surface area contributed by atoms with Gasteiger partial charge in [0.15, 0.2) is 0 Å². The summed E-state index contributed by atoms with van der Waals surface area (Å²) in [4.78, 5) is 0.527. The monoisotopic (exact) mass is 270 g/mol. The predicted octanol–water partition coefficient (Wildman–Crippen LogP) is 4.05. The lowest BCUT2D eigenvalue weighted by molar-refractivity contribution is 0.407. The molecule has 0 aliphatic heterocycles. The molecule has 0 fully saturated rings. The number of hydrogen-bond acceptors (Lipinski definition) is 1. The maximum Gasteiger partial charge on any atom is 0.122 e. The Hall–Kier alpha value is -0.500. The topological polar surface area (TPSA) is 9.23 Å². The number of benzene rings is 1. The summed E-state index contributed by atoms with van der Waals surface area (Å²) >= 11 is 3.75. The van der Waals surface area contributed by atoms with Crippen LogP contribution in [0, 0.1) is 5.92 Å². The summed E-state index contributed by atoms with van der Waals surface area (Å²) in [6, 6.07) is 8.23. The van der Waals surface area contributed by atoms with Crippen molar-refractivity contribution in [3.63, 3.8) is 0 Å². The average molecular weight is 271 g/mol. The summed E-state index contributed by atoms with van der Waals surface area (Å²) in [5, 5.41) is 0. The Labute approximate surface area is 101 Å². The van der Waals surface area contributed by atoms with Gasteiger partial charge in [-0.2, -0.15) is 0 Å². The molecule has 1 nitrogen and oxygen atoms in total. The molecule has 2 atom stereocenters. The quantitative estimate of drug-likeness (QED) is 0.734. The molecular formula is C13H19BrO. The Bertz CT molecular complexity index is 298. The van der Waals surface area contributed by atoms with E-state index in [2.05, 4.69) is 41.9 Å². The van der Waals surface area contributed by atoms with Crippen molar-refractivity contribution in [3.8, 4) is 5.75 Å². The van der Waals surface area contributed by atoms with Gasteiger partial charge in [0.25, 0.3) is 0 Å². The summed E-state index contributed by atoms with van der Waals surface area (Å²) in [5.74, 6) is 1.68. The number of ether oxygens (including phenoxy) is 1. The SMILES string of the molecule is CCC(C)C(Br)Cc1ccccc1OC. The van der Waals surface area contributed by atoms with Crippen LogP contribution in [0.25, 0.3) is 0 Å². The first-order valence-corrected chi connectivity index (χ1v) is 6.36. The number of rotatable bonds is 5. The van der Waals surface area contributed by atoms with Gasteiger partial charge in [0, 0.05) is 4.83 Å². The maximum absolute atomic E-state index is 5.34. The third-order valence-corrected chi connectivity index (χ3v) is 4.10. The van der Waals surface area contributed by atoms with Gasteiger partial charge in [-0.25, -0.2) is 0 Å². The van der Waals surface area contributed by atoms with Crippen LogP contribution in [0.4, 0.5) is 0 Å². The van der Waals surface area contributed by atoms with E-state index in [0.29, 0.717) is 10.7 Å². The van der Waals surface area contributed by atoms with E-state index < -0.39 is 0 Å². The Kier molecular flexibility index (Phi) is 5.16. The van der Waals surface area contributed by atoms with E-state index in [1.165, 1.54) is 12.0 Å². The van der Waals surface area contributed by atoms with Gasteiger partial charge in [0.05, 0.1) is 7.11 Å². The Morgan fingerprint density at radius 2 is 2.00 bits per heavy atom. The van der Waals surface area contributed by atoms with Gasteiger partial charge in [-0.05, 0) is 24.0 Å². The van der Waals surface area contributed by atoms with Crippen molar-refractivity contribution in [3.05, 3.63) is 29.8 Å². The van der Waals surface area contributed by atoms with E-state index in [-0.39, 0.29) is 0 Å². The molecule has 1 rings (SSSR count). The first-order chi connectivity index (χ1) is 7.19. The number of alkyl halides is 1. The molecule has 1 aromatic carbocycles. The van der Waals surface area contributed by atoms with Gasteiger partial charge in [-0.1, -0.05) is 54.4 Å². The molecule has 84 valence electrons. The third-order valence-electron chi connectivity index (χ3n) is 2.87. The Morgan fingerprint density at radius 1 is 1.33 bits per heavy atom. The zero-order valence-corrected chi connectivity index (χ0v) is 11.3. The molecule has 0 spiro atoms. The zero-order valence-electron chi connectivity index (χ0n) is 9.66. The second-order valence-corrected chi connectivity index (χ2v) is 5.09. The summed E-state index contributed by atoms with van der Waals surface area (Å²) in [5.41, 5.74) is 1.28. The van der Waals surface area contributed by atoms with E-state index in [4.69, 9.17) is 4.74 Å². The van der Waals surface area contributed by atoms with Crippen LogP contribution in [0.15, 0.2) is 24.3 Å². The first kappa shape index (κ1) is 12.6. The number of halogens is 1. The van der Waals surface area contributed by atoms with Crippen LogP contribution in [-0.4, -0.2) is 11.9 Å². The molecule has 15 heavy (non-hydrogen) atoms. The molecule has 0 aliphatic carbocycles. The molecule has 0 saturated carbocycles. The van der Waals surface area contributed by atoms with E-state index in [0.717, 1.165) is 12.2 Å². The van der Waals surface area contributed by atoms with Gasteiger partial charge in [-0.15, -0.1) is 0 Å². The minimum Gasteiger partial charge on any atom is -0.496 e. The molecule has 0 bridgehead atoms. The molecule has 0 saturated heterocycles. The highest BCUT2D eigenvalue weighted by molar-refractivity contribution is 9.09. The van der Waals surface area contributed by atoms with Crippen molar-refractivity contribution >= 4 is 15.9 Å². The first-order valence-electron chi connectivity index (χ1n) is 5.45. The molecule has 2 heteroatoms. The maximum atomic E-state index is 5.34. The molecule has 0 heterocycles. The smallest absolute Gasteiger partial charge is 0.122 e. The third kappa shape index (κ3) is 3.53. The van der Waals surface area contributed by atoms with Gasteiger partial charge in [0.1, 0.15) is 5.75 Å². The van der Waals surface area contributed by atoms with E-state index in [9.17, 15) is 0 Å². The fraction of sp³-hybridized carbons (Fsp3) is 0.538. The van der Waals surface area contributed by atoms with Crippen LogP contribution in [-0.2, 0) is 6.42 Å². The van der Waals surface area contributed by atoms with Gasteiger partial charge < -0.3 is 4.74 Å². The molecular weight excluding hydrogens is 252 g/mol. The summed E-state index contributed by atoms with van der Waals surface area (Å²) in [7, 11) is 1.73. The van der Waals surface area contributed by atoms with Crippen molar-refractivity contribution in [2.45, 2.75) is 31.5 Å². The molecule has 0 aromatic heterocycles. The number of para-hydroxylation sites is 1. The lowest BCUT2D eigenvalue weighted by atomic mass is 9.98. The van der Waals surface area contributed by atoms with Crippen LogP contribution in [0.2, 0.25) is 0 Å². The lowest BCUT2D eigenvalue weighted by Crippen LogP contribution is -2.13. The molecule has 2 unspecified atom stereocenters. The molecule has 0 aliphatic rings. The number of methoxy groups -OCH3 is 1. The lowest BCUT2D eigenvalue weighted by Gasteiger charge is -2.17. The molecule has 0 N–H and O–H groups in total. The second-order valence-electron chi connectivity index (χ2n) is 3.92.